The minimum Gasteiger partial charge on any atom is -0.352 e. The van der Waals surface area contributed by atoms with Gasteiger partial charge in [-0.15, -0.1) is 0 Å². The van der Waals surface area contributed by atoms with Crippen molar-refractivity contribution in [2.24, 2.45) is 12.8 Å². The highest BCUT2D eigenvalue weighted by Gasteiger charge is 2.24. The monoisotopic (exact) mass is 418 g/mol. The fourth-order valence-corrected chi connectivity index (χ4v) is 3.82. The summed E-state index contributed by atoms with van der Waals surface area (Å²) in [7, 11) is 1.69. The minimum absolute atomic E-state index is 0.0580. The molecular formula is C23H23FN6O. The van der Waals surface area contributed by atoms with Gasteiger partial charge in [-0.2, -0.15) is 0 Å². The highest BCUT2D eigenvalue weighted by molar-refractivity contribution is 5.80. The van der Waals surface area contributed by atoms with Crippen LogP contribution < -0.4 is 16.2 Å². The molecule has 0 spiro atoms. The Labute approximate surface area is 179 Å². The van der Waals surface area contributed by atoms with Gasteiger partial charge in [0, 0.05) is 49.2 Å². The van der Waals surface area contributed by atoms with Crippen LogP contribution >= 0.6 is 0 Å². The number of pyridine rings is 1. The van der Waals surface area contributed by atoms with Crippen molar-refractivity contribution in [1.29, 1.82) is 0 Å². The molecule has 8 heteroatoms. The summed E-state index contributed by atoms with van der Waals surface area (Å²) in [6.45, 7) is 10.3. The summed E-state index contributed by atoms with van der Waals surface area (Å²) >= 11 is 0. The van der Waals surface area contributed by atoms with Crippen LogP contribution in [0.15, 0.2) is 41.3 Å². The van der Waals surface area contributed by atoms with E-state index in [0.29, 0.717) is 41.4 Å². The zero-order valence-electron chi connectivity index (χ0n) is 17.5. The van der Waals surface area contributed by atoms with Gasteiger partial charge >= 0.3 is 0 Å². The van der Waals surface area contributed by atoms with Crippen LogP contribution in [0.3, 0.4) is 0 Å². The maximum absolute atomic E-state index is 14.5. The molecule has 4 rings (SSSR count). The Bertz CT molecular complexity index is 1220. The van der Waals surface area contributed by atoms with Gasteiger partial charge in [0.1, 0.15) is 5.82 Å². The molecule has 3 aromatic rings. The van der Waals surface area contributed by atoms with Crippen molar-refractivity contribution in [3.8, 4) is 22.5 Å². The molecule has 1 aliphatic rings. The second-order valence-corrected chi connectivity index (χ2v) is 7.79. The molecule has 0 amide bonds. The summed E-state index contributed by atoms with van der Waals surface area (Å²) in [5.41, 5.74) is 8.78. The first-order valence-corrected chi connectivity index (χ1v) is 10.1. The number of hydrogen-bond donors (Lipinski definition) is 1. The van der Waals surface area contributed by atoms with Crippen LogP contribution in [0.1, 0.15) is 18.5 Å². The first-order chi connectivity index (χ1) is 14.9. The Balaban J connectivity index is 1.95. The zero-order valence-corrected chi connectivity index (χ0v) is 17.5. The second-order valence-electron chi connectivity index (χ2n) is 7.79. The lowest BCUT2D eigenvalue weighted by Crippen LogP contribution is -2.43. The topological polar surface area (TPSA) is 81.4 Å². The fourth-order valence-electron chi connectivity index (χ4n) is 3.82. The molecule has 158 valence electrons. The Hall–Kier alpha value is -3.57. The van der Waals surface area contributed by atoms with Crippen LogP contribution in [0.5, 0.6) is 0 Å². The number of nitrogens with two attached hydrogens (primary N) is 1. The van der Waals surface area contributed by atoms with E-state index in [4.69, 9.17) is 17.3 Å². The van der Waals surface area contributed by atoms with Gasteiger partial charge in [-0.25, -0.2) is 14.2 Å². The molecule has 1 aliphatic heterocycles. The predicted molar refractivity (Wildman–Crippen MR) is 119 cm³/mol. The average molecular weight is 418 g/mol. The quantitative estimate of drug-likeness (QED) is 0.659. The predicted octanol–water partition coefficient (Wildman–Crippen LogP) is 3.44. The normalized spacial score (nSPS) is 14.5. The maximum Gasteiger partial charge on any atom is 0.293 e. The molecule has 0 atom stereocenters. The van der Waals surface area contributed by atoms with Crippen LogP contribution in [-0.2, 0) is 7.05 Å². The standard InChI is InChI=1S/C23H23FN6O/c1-14-4-5-16(13-27-14)21-20(15-6-7-19(26-2)18(24)12-15)28-22(23(31)29(21)3)30-10-8-17(25)9-11-30/h4-7,12-13,17H,8-11,25H2,1,3H3. The van der Waals surface area contributed by atoms with Crippen molar-refractivity contribution in [1.82, 2.24) is 14.5 Å². The highest BCUT2D eigenvalue weighted by atomic mass is 19.1. The summed E-state index contributed by atoms with van der Waals surface area (Å²) in [5.74, 6) is -0.301. The van der Waals surface area contributed by atoms with E-state index in [-0.39, 0.29) is 17.3 Å². The molecule has 0 radical (unpaired) electrons. The molecule has 0 unspecified atom stereocenters. The van der Waals surface area contributed by atoms with E-state index < -0.39 is 5.82 Å². The van der Waals surface area contributed by atoms with Crippen LogP contribution in [0.25, 0.3) is 27.4 Å². The van der Waals surface area contributed by atoms with Crippen molar-refractivity contribution in [3.05, 3.63) is 69.8 Å². The molecule has 1 aromatic carbocycles. The van der Waals surface area contributed by atoms with Gasteiger partial charge in [0.25, 0.3) is 5.56 Å². The minimum atomic E-state index is -0.623. The number of piperidine rings is 1. The second kappa shape index (κ2) is 8.28. The maximum atomic E-state index is 14.5. The third-order valence-electron chi connectivity index (χ3n) is 5.64. The number of halogens is 1. The van der Waals surface area contributed by atoms with Crippen LogP contribution in [0.4, 0.5) is 15.9 Å². The molecule has 0 aliphatic carbocycles. The Kier molecular flexibility index (Phi) is 5.53. The number of benzene rings is 1. The number of nitrogens with zero attached hydrogens (tertiary/aromatic N) is 5. The van der Waals surface area contributed by atoms with Gasteiger partial charge in [0.2, 0.25) is 5.69 Å². The lowest BCUT2D eigenvalue weighted by molar-refractivity contribution is 0.496. The largest absolute Gasteiger partial charge is 0.352 e. The fraction of sp³-hybridized carbons (Fsp3) is 0.304. The molecular weight excluding hydrogens is 395 g/mol. The Morgan fingerprint density at radius 3 is 2.52 bits per heavy atom. The Morgan fingerprint density at radius 1 is 1.19 bits per heavy atom. The van der Waals surface area contributed by atoms with Gasteiger partial charge < -0.3 is 15.2 Å². The number of anilines is 1. The Morgan fingerprint density at radius 2 is 1.90 bits per heavy atom. The molecule has 2 N–H and O–H groups in total. The van der Waals surface area contributed by atoms with Crippen molar-refractivity contribution < 1.29 is 4.39 Å². The summed E-state index contributed by atoms with van der Waals surface area (Å²) in [5, 5.41) is 0. The van der Waals surface area contributed by atoms with E-state index in [9.17, 15) is 9.18 Å². The first kappa shape index (κ1) is 20.7. The summed E-state index contributed by atoms with van der Waals surface area (Å²) in [6, 6.07) is 8.22. The van der Waals surface area contributed by atoms with Gasteiger partial charge in [0.15, 0.2) is 5.82 Å². The number of hydrogen-bond acceptors (Lipinski definition) is 5. The van der Waals surface area contributed by atoms with Gasteiger partial charge in [-0.05, 0) is 38.0 Å². The molecule has 2 aromatic heterocycles. The number of rotatable bonds is 3. The van der Waals surface area contributed by atoms with Crippen molar-refractivity contribution in [2.45, 2.75) is 25.8 Å². The zero-order chi connectivity index (χ0) is 22.1. The molecule has 1 fully saturated rings. The molecule has 1 saturated heterocycles. The summed E-state index contributed by atoms with van der Waals surface area (Å²) < 4.78 is 16.0. The first-order valence-electron chi connectivity index (χ1n) is 10.1. The van der Waals surface area contributed by atoms with Crippen molar-refractivity contribution in [3.63, 3.8) is 0 Å². The molecule has 31 heavy (non-hydrogen) atoms. The summed E-state index contributed by atoms with van der Waals surface area (Å²) in [6.07, 6.45) is 3.23. The van der Waals surface area contributed by atoms with E-state index in [1.807, 2.05) is 24.0 Å². The van der Waals surface area contributed by atoms with E-state index in [2.05, 4.69) is 9.83 Å². The van der Waals surface area contributed by atoms with E-state index in [1.54, 1.807) is 23.9 Å². The van der Waals surface area contributed by atoms with Crippen LogP contribution in [0, 0.1) is 19.3 Å². The van der Waals surface area contributed by atoms with Crippen molar-refractivity contribution in [2.75, 3.05) is 18.0 Å². The van der Waals surface area contributed by atoms with Gasteiger partial charge in [-0.1, -0.05) is 12.1 Å². The smallest absolute Gasteiger partial charge is 0.293 e. The van der Waals surface area contributed by atoms with Crippen LogP contribution in [0.2, 0.25) is 0 Å². The third kappa shape index (κ3) is 3.92. The van der Waals surface area contributed by atoms with E-state index in [1.165, 1.54) is 12.1 Å². The summed E-state index contributed by atoms with van der Waals surface area (Å²) in [4.78, 5) is 27.5. The molecule has 0 saturated carbocycles. The van der Waals surface area contributed by atoms with Crippen LogP contribution in [-0.4, -0.2) is 33.7 Å². The lowest BCUT2D eigenvalue weighted by Gasteiger charge is -2.31. The average Bonchev–Trinajstić information content (AvgIpc) is 2.77. The van der Waals surface area contributed by atoms with Gasteiger partial charge in [0.05, 0.1) is 18.0 Å². The number of aryl methyl sites for hydroxylation is 1. The molecule has 7 nitrogen and oxygen atoms in total. The third-order valence-corrected chi connectivity index (χ3v) is 5.64. The van der Waals surface area contributed by atoms with E-state index in [0.717, 1.165) is 18.5 Å². The van der Waals surface area contributed by atoms with E-state index >= 15 is 0 Å². The highest BCUT2D eigenvalue weighted by Crippen LogP contribution is 2.33. The SMILES string of the molecule is [C-]#[N+]c1ccc(-c2nc(N3CCC(N)CC3)c(=O)n(C)c2-c2ccc(C)nc2)cc1F. The van der Waals surface area contributed by atoms with Gasteiger partial charge in [-0.3, -0.25) is 9.78 Å². The lowest BCUT2D eigenvalue weighted by atomic mass is 10.0. The molecule has 0 bridgehead atoms. The number of aromatic nitrogens is 3. The van der Waals surface area contributed by atoms with Crippen molar-refractivity contribution >= 4 is 11.5 Å². The molecule has 3 heterocycles.